The van der Waals surface area contributed by atoms with Crippen molar-refractivity contribution in [2.45, 2.75) is 13.8 Å². The molecule has 0 fully saturated rings. The standard InChI is InChI=1S/C17H20N4O/c1-17(2,11-22)10-20-15-5-3-4-14(21-15)12-6-8-18-16-13(12)7-9-19-16/h3-9,22H,10-11H2,1-2H3,(H,18,19)(H,20,21). The van der Waals surface area contributed by atoms with Gasteiger partial charge in [0.05, 0.1) is 5.69 Å². The van der Waals surface area contributed by atoms with Gasteiger partial charge in [0.1, 0.15) is 11.5 Å². The number of hydrogen-bond donors (Lipinski definition) is 3. The fourth-order valence-electron chi connectivity index (χ4n) is 2.25. The Hall–Kier alpha value is -2.40. The number of nitrogens with zero attached hydrogens (tertiary/aromatic N) is 2. The molecule has 0 bridgehead atoms. The zero-order chi connectivity index (χ0) is 15.6. The van der Waals surface area contributed by atoms with Crippen LogP contribution in [0, 0.1) is 5.41 Å². The quantitative estimate of drug-likeness (QED) is 0.676. The van der Waals surface area contributed by atoms with E-state index in [2.05, 4.69) is 20.3 Å². The third kappa shape index (κ3) is 2.94. The first-order valence-electron chi connectivity index (χ1n) is 7.33. The number of aromatic amines is 1. The monoisotopic (exact) mass is 296 g/mol. The Morgan fingerprint density at radius 1 is 1.23 bits per heavy atom. The number of rotatable bonds is 5. The maximum Gasteiger partial charge on any atom is 0.137 e. The molecule has 22 heavy (non-hydrogen) atoms. The van der Waals surface area contributed by atoms with Crippen molar-refractivity contribution in [3.8, 4) is 11.3 Å². The van der Waals surface area contributed by atoms with E-state index < -0.39 is 0 Å². The molecule has 0 atom stereocenters. The number of aromatic nitrogens is 3. The lowest BCUT2D eigenvalue weighted by atomic mass is 9.95. The summed E-state index contributed by atoms with van der Waals surface area (Å²) in [4.78, 5) is 12.1. The van der Waals surface area contributed by atoms with Gasteiger partial charge in [0.25, 0.3) is 0 Å². The average molecular weight is 296 g/mol. The number of aliphatic hydroxyl groups is 1. The molecule has 3 aromatic heterocycles. The largest absolute Gasteiger partial charge is 0.396 e. The van der Waals surface area contributed by atoms with Gasteiger partial charge >= 0.3 is 0 Å². The predicted molar refractivity (Wildman–Crippen MR) is 88.7 cm³/mol. The molecule has 0 unspecified atom stereocenters. The van der Waals surface area contributed by atoms with Crippen molar-refractivity contribution in [2.24, 2.45) is 5.41 Å². The first kappa shape index (κ1) is 14.5. The van der Waals surface area contributed by atoms with Crippen LogP contribution in [-0.4, -0.2) is 33.2 Å². The molecule has 0 saturated carbocycles. The Bertz CT molecular complexity index is 779. The van der Waals surface area contributed by atoms with Crippen LogP contribution in [-0.2, 0) is 0 Å². The number of H-pyrrole nitrogens is 1. The van der Waals surface area contributed by atoms with Crippen molar-refractivity contribution in [1.82, 2.24) is 15.0 Å². The molecule has 3 N–H and O–H groups in total. The van der Waals surface area contributed by atoms with E-state index in [1.165, 1.54) is 0 Å². The molecule has 0 radical (unpaired) electrons. The lowest BCUT2D eigenvalue weighted by Gasteiger charge is -2.22. The first-order chi connectivity index (χ1) is 10.6. The summed E-state index contributed by atoms with van der Waals surface area (Å²) in [6.07, 6.45) is 3.66. The lowest BCUT2D eigenvalue weighted by molar-refractivity contribution is 0.170. The van der Waals surface area contributed by atoms with E-state index in [4.69, 9.17) is 0 Å². The van der Waals surface area contributed by atoms with E-state index in [1.807, 2.05) is 50.4 Å². The summed E-state index contributed by atoms with van der Waals surface area (Å²) in [6, 6.07) is 9.89. The summed E-state index contributed by atoms with van der Waals surface area (Å²) in [5, 5.41) is 13.7. The average Bonchev–Trinajstić information content (AvgIpc) is 3.02. The van der Waals surface area contributed by atoms with Crippen molar-refractivity contribution in [3.05, 3.63) is 42.7 Å². The van der Waals surface area contributed by atoms with E-state index in [1.54, 1.807) is 6.20 Å². The second-order valence-corrected chi connectivity index (χ2v) is 6.18. The number of nitrogens with one attached hydrogen (secondary N) is 2. The van der Waals surface area contributed by atoms with Crippen LogP contribution in [0.2, 0.25) is 0 Å². The van der Waals surface area contributed by atoms with Gasteiger partial charge in [-0.1, -0.05) is 19.9 Å². The molecule has 3 aromatic rings. The van der Waals surface area contributed by atoms with E-state index in [0.717, 1.165) is 28.1 Å². The third-order valence-corrected chi connectivity index (χ3v) is 3.66. The fourth-order valence-corrected chi connectivity index (χ4v) is 2.25. The van der Waals surface area contributed by atoms with Gasteiger partial charge in [-0.2, -0.15) is 0 Å². The highest BCUT2D eigenvalue weighted by atomic mass is 16.3. The highest BCUT2D eigenvalue weighted by Gasteiger charge is 2.16. The smallest absolute Gasteiger partial charge is 0.137 e. The molecular weight excluding hydrogens is 276 g/mol. The Morgan fingerprint density at radius 2 is 2.09 bits per heavy atom. The van der Waals surface area contributed by atoms with Gasteiger partial charge in [0.15, 0.2) is 0 Å². The Balaban J connectivity index is 1.90. The van der Waals surface area contributed by atoms with E-state index in [9.17, 15) is 5.11 Å². The summed E-state index contributed by atoms with van der Waals surface area (Å²) in [5.41, 5.74) is 2.64. The highest BCUT2D eigenvalue weighted by Crippen LogP contribution is 2.26. The van der Waals surface area contributed by atoms with Crippen LogP contribution in [0.25, 0.3) is 22.3 Å². The maximum atomic E-state index is 9.33. The Kier molecular flexibility index (Phi) is 3.81. The molecule has 3 rings (SSSR count). The van der Waals surface area contributed by atoms with Crippen LogP contribution < -0.4 is 5.32 Å². The second-order valence-electron chi connectivity index (χ2n) is 6.18. The van der Waals surface area contributed by atoms with Crippen molar-refractivity contribution in [2.75, 3.05) is 18.5 Å². The zero-order valence-corrected chi connectivity index (χ0v) is 12.8. The molecule has 3 heterocycles. The summed E-state index contributed by atoms with van der Waals surface area (Å²) >= 11 is 0. The van der Waals surface area contributed by atoms with Gasteiger partial charge in [-0.15, -0.1) is 0 Å². The van der Waals surface area contributed by atoms with Crippen LogP contribution in [0.1, 0.15) is 13.8 Å². The van der Waals surface area contributed by atoms with Gasteiger partial charge in [-0.25, -0.2) is 9.97 Å². The van der Waals surface area contributed by atoms with Crippen molar-refractivity contribution in [1.29, 1.82) is 0 Å². The normalized spacial score (nSPS) is 11.8. The number of aliphatic hydroxyl groups excluding tert-OH is 1. The summed E-state index contributed by atoms with van der Waals surface area (Å²) in [5.74, 6) is 0.805. The van der Waals surface area contributed by atoms with Crippen molar-refractivity contribution < 1.29 is 5.11 Å². The minimum atomic E-state index is -0.178. The van der Waals surface area contributed by atoms with Crippen LogP contribution in [0.4, 0.5) is 5.82 Å². The molecule has 0 spiro atoms. The van der Waals surface area contributed by atoms with E-state index in [0.29, 0.717) is 6.54 Å². The number of fused-ring (bicyclic) bond motifs is 1. The Labute approximate surface area is 129 Å². The first-order valence-corrected chi connectivity index (χ1v) is 7.33. The summed E-state index contributed by atoms with van der Waals surface area (Å²) in [6.45, 7) is 4.82. The molecule has 5 nitrogen and oxygen atoms in total. The van der Waals surface area contributed by atoms with Crippen LogP contribution >= 0.6 is 0 Å². The molecule has 0 amide bonds. The van der Waals surface area contributed by atoms with Crippen LogP contribution in [0.3, 0.4) is 0 Å². The topological polar surface area (TPSA) is 73.8 Å². The molecule has 5 heteroatoms. The van der Waals surface area contributed by atoms with Crippen molar-refractivity contribution in [3.63, 3.8) is 0 Å². The fraction of sp³-hybridized carbons (Fsp3) is 0.294. The molecule has 0 saturated heterocycles. The van der Waals surface area contributed by atoms with Gasteiger partial charge in [0, 0.05) is 41.9 Å². The van der Waals surface area contributed by atoms with Gasteiger partial charge in [0.2, 0.25) is 0 Å². The van der Waals surface area contributed by atoms with E-state index in [-0.39, 0.29) is 12.0 Å². The number of pyridine rings is 2. The summed E-state index contributed by atoms with van der Waals surface area (Å²) in [7, 11) is 0. The lowest BCUT2D eigenvalue weighted by Crippen LogP contribution is -2.27. The van der Waals surface area contributed by atoms with E-state index >= 15 is 0 Å². The molecule has 114 valence electrons. The molecule has 0 aromatic carbocycles. The van der Waals surface area contributed by atoms with Crippen molar-refractivity contribution >= 4 is 16.9 Å². The van der Waals surface area contributed by atoms with Gasteiger partial charge < -0.3 is 15.4 Å². The zero-order valence-electron chi connectivity index (χ0n) is 12.8. The second kappa shape index (κ2) is 5.77. The third-order valence-electron chi connectivity index (χ3n) is 3.66. The minimum Gasteiger partial charge on any atom is -0.396 e. The predicted octanol–water partition coefficient (Wildman–Crippen LogP) is 3.06. The molecule has 0 aliphatic carbocycles. The van der Waals surface area contributed by atoms with Crippen LogP contribution in [0.15, 0.2) is 42.7 Å². The number of hydrogen-bond acceptors (Lipinski definition) is 4. The SMILES string of the molecule is CC(C)(CO)CNc1cccc(-c2ccnc3[nH]ccc23)n1. The van der Waals surface area contributed by atoms with Crippen LogP contribution in [0.5, 0.6) is 0 Å². The Morgan fingerprint density at radius 3 is 2.91 bits per heavy atom. The summed E-state index contributed by atoms with van der Waals surface area (Å²) < 4.78 is 0. The highest BCUT2D eigenvalue weighted by molar-refractivity contribution is 5.91. The molecular formula is C17H20N4O. The minimum absolute atomic E-state index is 0.133. The molecule has 0 aliphatic rings. The van der Waals surface area contributed by atoms with Gasteiger partial charge in [-0.3, -0.25) is 0 Å². The van der Waals surface area contributed by atoms with Gasteiger partial charge in [-0.05, 0) is 24.3 Å². The molecule has 0 aliphatic heterocycles. The maximum absolute atomic E-state index is 9.33. The number of anilines is 1.